The molecule has 1 aromatic rings. The molecule has 2 atom stereocenters. The number of benzene rings is 1. The van der Waals surface area contributed by atoms with Gasteiger partial charge >= 0.3 is 0 Å². The molecule has 17 heavy (non-hydrogen) atoms. The van der Waals surface area contributed by atoms with Crippen molar-refractivity contribution in [3.63, 3.8) is 0 Å². The molecule has 3 heteroatoms. The minimum atomic E-state index is 0.146. The molecule has 1 aliphatic rings. The Hall–Kier alpha value is -1.06. The summed E-state index contributed by atoms with van der Waals surface area (Å²) in [4.78, 5) is 2.34. The van der Waals surface area contributed by atoms with Crippen LogP contribution in [0.25, 0.3) is 0 Å². The topological polar surface area (TPSA) is 49.5 Å². The zero-order valence-electron chi connectivity index (χ0n) is 10.5. The summed E-state index contributed by atoms with van der Waals surface area (Å²) in [5.74, 6) is 0.438. The van der Waals surface area contributed by atoms with Crippen molar-refractivity contribution in [3.8, 4) is 0 Å². The number of hydrogen-bond acceptors (Lipinski definition) is 3. The van der Waals surface area contributed by atoms with E-state index >= 15 is 0 Å². The van der Waals surface area contributed by atoms with Crippen molar-refractivity contribution in [2.45, 2.75) is 25.8 Å². The third-order valence-electron chi connectivity index (χ3n) is 3.67. The quantitative estimate of drug-likeness (QED) is 0.836. The van der Waals surface area contributed by atoms with Gasteiger partial charge in [-0.15, -0.1) is 0 Å². The van der Waals surface area contributed by atoms with Crippen molar-refractivity contribution in [1.82, 2.24) is 0 Å². The number of hydrogen-bond donors (Lipinski definition) is 2. The summed E-state index contributed by atoms with van der Waals surface area (Å²) in [6.45, 7) is 4.42. The number of aliphatic hydroxyl groups is 1. The van der Waals surface area contributed by atoms with E-state index in [-0.39, 0.29) is 6.04 Å². The number of aliphatic hydroxyl groups excluding tert-OH is 1. The highest BCUT2D eigenvalue weighted by Gasteiger charge is 2.21. The first-order valence-electron chi connectivity index (χ1n) is 6.46. The Labute approximate surface area is 103 Å². The third kappa shape index (κ3) is 2.79. The number of nitrogens with two attached hydrogens (primary N) is 1. The lowest BCUT2D eigenvalue weighted by Gasteiger charge is -2.19. The second-order valence-corrected chi connectivity index (χ2v) is 4.89. The molecule has 1 aliphatic heterocycles. The molecule has 1 aromatic carbocycles. The van der Waals surface area contributed by atoms with Crippen molar-refractivity contribution in [2.24, 2.45) is 11.7 Å². The van der Waals surface area contributed by atoms with Crippen LogP contribution < -0.4 is 10.6 Å². The van der Waals surface area contributed by atoms with Gasteiger partial charge in [-0.2, -0.15) is 0 Å². The normalized spacial score (nSPS) is 21.8. The number of nitrogens with zero attached hydrogens (tertiary/aromatic N) is 1. The molecule has 3 N–H and O–H groups in total. The van der Waals surface area contributed by atoms with Gasteiger partial charge in [0.15, 0.2) is 0 Å². The minimum Gasteiger partial charge on any atom is -0.396 e. The van der Waals surface area contributed by atoms with E-state index in [0.29, 0.717) is 12.5 Å². The maximum absolute atomic E-state index is 9.14. The van der Waals surface area contributed by atoms with Gasteiger partial charge in [0.05, 0.1) is 0 Å². The molecule has 1 heterocycles. The van der Waals surface area contributed by atoms with Gasteiger partial charge in [0.1, 0.15) is 0 Å². The zero-order chi connectivity index (χ0) is 12.3. The molecule has 3 nitrogen and oxygen atoms in total. The Balaban J connectivity index is 2.03. The van der Waals surface area contributed by atoms with E-state index in [4.69, 9.17) is 10.8 Å². The summed E-state index contributed by atoms with van der Waals surface area (Å²) in [7, 11) is 0. The summed E-state index contributed by atoms with van der Waals surface area (Å²) in [5.41, 5.74) is 8.44. The molecule has 2 rings (SSSR count). The molecule has 94 valence electrons. The maximum Gasteiger partial charge on any atom is 0.0476 e. The van der Waals surface area contributed by atoms with Crippen molar-refractivity contribution in [3.05, 3.63) is 29.8 Å². The average Bonchev–Trinajstić information content (AvgIpc) is 2.87. The number of anilines is 1. The predicted molar refractivity (Wildman–Crippen MR) is 71.1 cm³/mol. The molecule has 0 aromatic heterocycles. The van der Waals surface area contributed by atoms with Crippen LogP contribution in [0.1, 0.15) is 31.4 Å². The SMILES string of the molecule is CCC(N)c1ccc(N2CCC(CO)C2)cc1. The highest BCUT2D eigenvalue weighted by molar-refractivity contribution is 5.48. The van der Waals surface area contributed by atoms with Gasteiger partial charge in [-0.05, 0) is 30.5 Å². The fourth-order valence-corrected chi connectivity index (χ4v) is 2.38. The molecule has 0 saturated carbocycles. The van der Waals surface area contributed by atoms with Crippen LogP contribution in [0.3, 0.4) is 0 Å². The van der Waals surface area contributed by atoms with E-state index in [1.54, 1.807) is 0 Å². The van der Waals surface area contributed by atoms with Crippen LogP contribution in [0.15, 0.2) is 24.3 Å². The highest BCUT2D eigenvalue weighted by atomic mass is 16.3. The van der Waals surface area contributed by atoms with Crippen LogP contribution in [-0.2, 0) is 0 Å². The Morgan fingerprint density at radius 3 is 2.65 bits per heavy atom. The lowest BCUT2D eigenvalue weighted by Crippen LogP contribution is -2.20. The van der Waals surface area contributed by atoms with E-state index in [1.165, 1.54) is 11.3 Å². The molecule has 2 unspecified atom stereocenters. The van der Waals surface area contributed by atoms with Gasteiger partial charge in [0, 0.05) is 37.3 Å². The molecular formula is C14H22N2O. The molecule has 0 amide bonds. The summed E-state index contributed by atoms with van der Waals surface area (Å²) in [5, 5.41) is 9.14. The first kappa shape index (κ1) is 12.4. The summed E-state index contributed by atoms with van der Waals surface area (Å²) in [6, 6.07) is 8.67. The van der Waals surface area contributed by atoms with Gasteiger partial charge in [0.2, 0.25) is 0 Å². The van der Waals surface area contributed by atoms with Crippen LogP contribution in [0, 0.1) is 5.92 Å². The lowest BCUT2D eigenvalue weighted by molar-refractivity contribution is 0.238. The van der Waals surface area contributed by atoms with E-state index < -0.39 is 0 Å². The predicted octanol–water partition coefficient (Wildman–Crippen LogP) is 1.92. The second kappa shape index (κ2) is 5.52. The van der Waals surface area contributed by atoms with Crippen LogP contribution in [0.4, 0.5) is 5.69 Å². The van der Waals surface area contributed by atoms with E-state index in [9.17, 15) is 0 Å². The van der Waals surface area contributed by atoms with E-state index in [2.05, 4.69) is 36.1 Å². The third-order valence-corrected chi connectivity index (χ3v) is 3.67. The fourth-order valence-electron chi connectivity index (χ4n) is 2.38. The Morgan fingerprint density at radius 1 is 1.41 bits per heavy atom. The molecule has 0 bridgehead atoms. The maximum atomic E-state index is 9.14. The van der Waals surface area contributed by atoms with Gasteiger partial charge < -0.3 is 15.7 Å². The lowest BCUT2D eigenvalue weighted by atomic mass is 10.1. The Morgan fingerprint density at radius 2 is 2.12 bits per heavy atom. The Bertz CT molecular complexity index is 350. The van der Waals surface area contributed by atoms with Gasteiger partial charge in [-0.25, -0.2) is 0 Å². The fraction of sp³-hybridized carbons (Fsp3) is 0.571. The largest absolute Gasteiger partial charge is 0.396 e. The molecule has 1 saturated heterocycles. The van der Waals surface area contributed by atoms with Crippen molar-refractivity contribution in [2.75, 3.05) is 24.6 Å². The minimum absolute atomic E-state index is 0.146. The van der Waals surface area contributed by atoms with Crippen molar-refractivity contribution < 1.29 is 5.11 Å². The van der Waals surface area contributed by atoms with Gasteiger partial charge in [0.25, 0.3) is 0 Å². The summed E-state index contributed by atoms with van der Waals surface area (Å²) >= 11 is 0. The van der Waals surface area contributed by atoms with Crippen molar-refractivity contribution in [1.29, 1.82) is 0 Å². The second-order valence-electron chi connectivity index (χ2n) is 4.89. The smallest absolute Gasteiger partial charge is 0.0476 e. The van der Waals surface area contributed by atoms with Crippen molar-refractivity contribution >= 4 is 5.69 Å². The van der Waals surface area contributed by atoms with Crippen LogP contribution in [0.5, 0.6) is 0 Å². The number of rotatable bonds is 4. The first-order valence-corrected chi connectivity index (χ1v) is 6.46. The molecule has 1 fully saturated rings. The first-order chi connectivity index (χ1) is 8.24. The summed E-state index contributed by atoms with van der Waals surface area (Å²) < 4.78 is 0. The molecular weight excluding hydrogens is 212 g/mol. The van der Waals surface area contributed by atoms with Crippen LogP contribution >= 0.6 is 0 Å². The standard InChI is InChI=1S/C14H22N2O/c1-2-14(15)12-3-5-13(6-4-12)16-8-7-11(9-16)10-17/h3-6,11,14,17H,2,7-10,15H2,1H3. The molecule has 0 radical (unpaired) electrons. The average molecular weight is 234 g/mol. The van der Waals surface area contributed by atoms with Gasteiger partial charge in [-0.1, -0.05) is 19.1 Å². The molecule has 0 spiro atoms. The highest BCUT2D eigenvalue weighted by Crippen LogP contribution is 2.25. The van der Waals surface area contributed by atoms with Gasteiger partial charge in [-0.3, -0.25) is 0 Å². The molecule has 0 aliphatic carbocycles. The van der Waals surface area contributed by atoms with E-state index in [1.807, 2.05) is 0 Å². The van der Waals surface area contributed by atoms with E-state index in [0.717, 1.165) is 25.9 Å². The summed E-state index contributed by atoms with van der Waals surface area (Å²) in [6.07, 6.45) is 2.06. The zero-order valence-corrected chi connectivity index (χ0v) is 10.5. The van der Waals surface area contributed by atoms with Crippen LogP contribution in [-0.4, -0.2) is 24.8 Å². The Kier molecular flexibility index (Phi) is 4.02. The van der Waals surface area contributed by atoms with Crippen LogP contribution in [0.2, 0.25) is 0 Å². The monoisotopic (exact) mass is 234 g/mol.